The second-order valence-corrected chi connectivity index (χ2v) is 8.56. The lowest BCUT2D eigenvalue weighted by Gasteiger charge is -2.37. The Bertz CT molecular complexity index is 1270. The van der Waals surface area contributed by atoms with E-state index in [-0.39, 0.29) is 23.6 Å². The molecule has 172 valence electrons. The minimum atomic E-state index is -0.764. The molecule has 0 N–H and O–H groups in total. The van der Waals surface area contributed by atoms with E-state index in [9.17, 15) is 9.59 Å². The molecule has 9 heteroatoms. The van der Waals surface area contributed by atoms with E-state index in [1.165, 1.54) is 12.3 Å². The van der Waals surface area contributed by atoms with E-state index in [1.54, 1.807) is 24.4 Å². The lowest BCUT2D eigenvalue weighted by molar-refractivity contribution is 0.0465. The predicted octanol–water partition coefficient (Wildman–Crippen LogP) is 2.60. The van der Waals surface area contributed by atoms with E-state index in [0.29, 0.717) is 42.3 Å². The van der Waals surface area contributed by atoms with Crippen LogP contribution in [0, 0.1) is 5.82 Å². The van der Waals surface area contributed by atoms with Crippen LogP contribution >= 0.6 is 0 Å². The van der Waals surface area contributed by atoms with E-state index in [1.807, 2.05) is 23.4 Å². The number of hydrogen-bond acceptors (Lipinski definition) is 7. The highest BCUT2D eigenvalue weighted by Gasteiger charge is 2.31. The first-order valence-corrected chi connectivity index (χ1v) is 11.0. The molecular weight excluding hydrogens is 427 g/mol. The Labute approximate surface area is 190 Å². The Balaban J connectivity index is 1.58. The van der Waals surface area contributed by atoms with Gasteiger partial charge in [0.05, 0.1) is 22.6 Å². The van der Waals surface area contributed by atoms with E-state index in [4.69, 9.17) is 9.47 Å². The molecule has 0 bridgehead atoms. The van der Waals surface area contributed by atoms with Crippen molar-refractivity contribution in [2.75, 3.05) is 44.7 Å². The predicted molar refractivity (Wildman–Crippen MR) is 121 cm³/mol. The molecule has 8 nitrogen and oxygen atoms in total. The zero-order valence-electron chi connectivity index (χ0n) is 18.6. The molecule has 1 atom stereocenters. The van der Waals surface area contributed by atoms with E-state index < -0.39 is 17.2 Å². The standard InChI is InChI=1S/C24H25FN4O4/c1-15-13-32-23-20-17(11-19(25)21(23)28-9-7-27(2)8-10-28)22(30)18(12-29(15)20)24(31)33-14-16-5-3-4-6-26-16/h3-6,11-12,15H,7-10,13-14H2,1-2H3/t15-/m0/s1. The second kappa shape index (κ2) is 8.47. The number of ether oxygens (including phenoxy) is 2. The van der Waals surface area contributed by atoms with Gasteiger partial charge < -0.3 is 23.8 Å². The van der Waals surface area contributed by atoms with E-state index in [0.717, 1.165) is 13.1 Å². The molecule has 4 heterocycles. The Morgan fingerprint density at radius 1 is 1.27 bits per heavy atom. The Kier molecular flexibility index (Phi) is 5.49. The minimum Gasteiger partial charge on any atom is -0.487 e. The summed E-state index contributed by atoms with van der Waals surface area (Å²) in [6.45, 7) is 5.10. The molecule has 0 saturated carbocycles. The summed E-state index contributed by atoms with van der Waals surface area (Å²) in [5, 5.41) is 0.110. The second-order valence-electron chi connectivity index (χ2n) is 8.56. The van der Waals surface area contributed by atoms with Crippen LogP contribution in [0.4, 0.5) is 10.1 Å². The maximum atomic E-state index is 15.4. The highest BCUT2D eigenvalue weighted by Crippen LogP contribution is 2.42. The summed E-state index contributed by atoms with van der Waals surface area (Å²) in [4.78, 5) is 34.3. The molecule has 0 radical (unpaired) electrons. The Morgan fingerprint density at radius 3 is 2.79 bits per heavy atom. The van der Waals surface area contributed by atoms with Crippen LogP contribution in [0.3, 0.4) is 0 Å². The molecule has 33 heavy (non-hydrogen) atoms. The highest BCUT2D eigenvalue weighted by molar-refractivity contribution is 5.98. The fraction of sp³-hybridized carbons (Fsp3) is 0.375. The first-order valence-electron chi connectivity index (χ1n) is 11.0. The zero-order valence-corrected chi connectivity index (χ0v) is 18.6. The molecule has 1 aromatic carbocycles. The number of likely N-dealkylation sites (N-methyl/N-ethyl adjacent to an activating group) is 1. The van der Waals surface area contributed by atoms with Gasteiger partial charge in [0, 0.05) is 38.6 Å². The van der Waals surface area contributed by atoms with Crippen LogP contribution in [-0.4, -0.2) is 60.3 Å². The quantitative estimate of drug-likeness (QED) is 0.563. The lowest BCUT2D eigenvalue weighted by atomic mass is 10.1. The van der Waals surface area contributed by atoms with Gasteiger partial charge in [-0.2, -0.15) is 0 Å². The summed E-state index contributed by atoms with van der Waals surface area (Å²) in [6, 6.07) is 6.36. The Hall–Kier alpha value is -3.46. The summed E-state index contributed by atoms with van der Waals surface area (Å²) < 4.78 is 28.5. The minimum absolute atomic E-state index is 0.0578. The molecule has 2 aliphatic rings. The number of halogens is 1. The number of anilines is 1. The van der Waals surface area contributed by atoms with Crippen LogP contribution in [0.1, 0.15) is 29.0 Å². The van der Waals surface area contributed by atoms with Crippen molar-refractivity contribution in [2.24, 2.45) is 0 Å². The maximum absolute atomic E-state index is 15.4. The summed E-state index contributed by atoms with van der Waals surface area (Å²) in [7, 11) is 2.03. The molecule has 5 rings (SSSR count). The number of aromatic nitrogens is 2. The van der Waals surface area contributed by atoms with Crippen molar-refractivity contribution in [3.63, 3.8) is 0 Å². The molecule has 0 aliphatic carbocycles. The van der Waals surface area contributed by atoms with Crippen LogP contribution < -0.4 is 15.1 Å². The molecule has 1 fully saturated rings. The smallest absolute Gasteiger partial charge is 0.344 e. The Morgan fingerprint density at radius 2 is 2.06 bits per heavy atom. The number of hydrogen-bond donors (Lipinski definition) is 0. The molecule has 2 aliphatic heterocycles. The van der Waals surface area contributed by atoms with Crippen molar-refractivity contribution in [1.82, 2.24) is 14.5 Å². The number of carbonyl (C=O) groups is 1. The first kappa shape index (κ1) is 21.4. The molecule has 2 aromatic heterocycles. The summed E-state index contributed by atoms with van der Waals surface area (Å²) in [5.41, 5.74) is 0.747. The number of pyridine rings is 2. The SMILES string of the molecule is C[C@H]1COc2c(N3CCN(C)CC3)c(F)cc3c(=O)c(C(=O)OCc4ccccn4)cn1c23. The number of rotatable bonds is 4. The maximum Gasteiger partial charge on any atom is 0.344 e. The summed E-state index contributed by atoms with van der Waals surface area (Å²) in [5.74, 6) is -0.933. The number of piperazine rings is 1. The van der Waals surface area contributed by atoms with Gasteiger partial charge in [-0.25, -0.2) is 9.18 Å². The zero-order chi connectivity index (χ0) is 23.1. The van der Waals surface area contributed by atoms with E-state index in [2.05, 4.69) is 9.88 Å². The van der Waals surface area contributed by atoms with E-state index >= 15 is 4.39 Å². The molecule has 0 amide bonds. The largest absolute Gasteiger partial charge is 0.487 e. The third kappa shape index (κ3) is 3.82. The number of nitrogens with zero attached hydrogens (tertiary/aromatic N) is 4. The monoisotopic (exact) mass is 452 g/mol. The average molecular weight is 452 g/mol. The molecular formula is C24H25FN4O4. The molecule has 1 saturated heterocycles. The van der Waals surface area contributed by atoms with Crippen LogP contribution in [0.25, 0.3) is 10.9 Å². The van der Waals surface area contributed by atoms with Gasteiger partial charge in [-0.05, 0) is 32.2 Å². The van der Waals surface area contributed by atoms with Crippen molar-refractivity contribution < 1.29 is 18.7 Å². The topological polar surface area (TPSA) is 76.9 Å². The molecule has 0 spiro atoms. The fourth-order valence-electron chi connectivity index (χ4n) is 4.38. The van der Waals surface area contributed by atoms with Gasteiger partial charge in [0.2, 0.25) is 5.43 Å². The normalized spacial score (nSPS) is 18.3. The van der Waals surface area contributed by atoms with Crippen molar-refractivity contribution >= 4 is 22.6 Å². The van der Waals surface area contributed by atoms with Gasteiger partial charge in [-0.15, -0.1) is 0 Å². The van der Waals surface area contributed by atoms with Gasteiger partial charge in [0.15, 0.2) is 11.6 Å². The number of esters is 1. The van der Waals surface area contributed by atoms with Gasteiger partial charge in [0.1, 0.15) is 24.5 Å². The number of benzene rings is 1. The van der Waals surface area contributed by atoms with Crippen LogP contribution in [0.15, 0.2) is 41.5 Å². The number of carbonyl (C=O) groups excluding carboxylic acids is 1. The van der Waals surface area contributed by atoms with Gasteiger partial charge in [0.25, 0.3) is 0 Å². The lowest BCUT2D eigenvalue weighted by Crippen LogP contribution is -2.45. The van der Waals surface area contributed by atoms with Gasteiger partial charge >= 0.3 is 5.97 Å². The van der Waals surface area contributed by atoms with Gasteiger partial charge in [-0.1, -0.05) is 6.07 Å². The fourth-order valence-corrected chi connectivity index (χ4v) is 4.38. The highest BCUT2D eigenvalue weighted by atomic mass is 19.1. The first-order chi connectivity index (χ1) is 15.9. The van der Waals surface area contributed by atoms with Crippen LogP contribution in [-0.2, 0) is 11.3 Å². The third-order valence-corrected chi connectivity index (χ3v) is 6.26. The van der Waals surface area contributed by atoms with Crippen molar-refractivity contribution in [3.05, 3.63) is 64.0 Å². The van der Waals surface area contributed by atoms with Gasteiger partial charge in [-0.3, -0.25) is 9.78 Å². The van der Waals surface area contributed by atoms with Crippen molar-refractivity contribution in [2.45, 2.75) is 19.6 Å². The van der Waals surface area contributed by atoms with Crippen molar-refractivity contribution in [1.29, 1.82) is 0 Å². The van der Waals surface area contributed by atoms with Crippen LogP contribution in [0.2, 0.25) is 0 Å². The average Bonchev–Trinajstić information content (AvgIpc) is 2.82. The third-order valence-electron chi connectivity index (χ3n) is 6.26. The summed E-state index contributed by atoms with van der Waals surface area (Å²) in [6.07, 6.45) is 3.11. The molecule has 3 aromatic rings. The molecule has 0 unspecified atom stereocenters. The van der Waals surface area contributed by atoms with Crippen molar-refractivity contribution in [3.8, 4) is 5.75 Å². The van der Waals surface area contributed by atoms with Crippen LogP contribution in [0.5, 0.6) is 5.75 Å². The summed E-state index contributed by atoms with van der Waals surface area (Å²) >= 11 is 0.